The van der Waals surface area contributed by atoms with Gasteiger partial charge in [0.1, 0.15) is 5.52 Å². The Kier molecular flexibility index (Phi) is 6.21. The molecular weight excluding hydrogens is 476 g/mol. The lowest BCUT2D eigenvalue weighted by molar-refractivity contribution is 0.0819. The third-order valence-corrected chi connectivity index (χ3v) is 7.71. The molecular formula is C26H28N6O3S. The molecule has 0 unspecified atom stereocenters. The number of fused-ring (bicyclic) bond motifs is 3. The summed E-state index contributed by atoms with van der Waals surface area (Å²) in [6.45, 7) is 0. The van der Waals surface area contributed by atoms with E-state index in [1.807, 2.05) is 13.1 Å². The summed E-state index contributed by atoms with van der Waals surface area (Å²) in [6, 6.07) is 10.7. The highest BCUT2D eigenvalue weighted by atomic mass is 32.1. The predicted octanol–water partition coefficient (Wildman–Crippen LogP) is 3.75. The first-order valence-corrected chi connectivity index (χ1v) is 12.8. The van der Waals surface area contributed by atoms with Gasteiger partial charge in [-0.2, -0.15) is 0 Å². The van der Waals surface area contributed by atoms with Crippen molar-refractivity contribution in [1.82, 2.24) is 19.4 Å². The molecule has 36 heavy (non-hydrogen) atoms. The number of benzene rings is 2. The third-order valence-electron chi connectivity index (χ3n) is 6.81. The van der Waals surface area contributed by atoms with Gasteiger partial charge in [-0.25, -0.2) is 14.5 Å². The van der Waals surface area contributed by atoms with Gasteiger partial charge in [0.05, 0.1) is 21.4 Å². The predicted molar refractivity (Wildman–Crippen MR) is 143 cm³/mol. The van der Waals surface area contributed by atoms with E-state index in [2.05, 4.69) is 14.9 Å². The van der Waals surface area contributed by atoms with Gasteiger partial charge in [-0.05, 0) is 31.0 Å². The van der Waals surface area contributed by atoms with E-state index in [9.17, 15) is 14.4 Å². The molecule has 5 rings (SSSR count). The molecule has 1 fully saturated rings. The fraction of sp³-hybridized carbons (Fsp3) is 0.346. The van der Waals surface area contributed by atoms with Crippen LogP contribution in [0.15, 0.2) is 41.2 Å². The summed E-state index contributed by atoms with van der Waals surface area (Å²) in [4.78, 5) is 52.9. The molecule has 9 nitrogen and oxygen atoms in total. The molecule has 10 heteroatoms. The number of hydrogen-bond acceptors (Lipinski definition) is 8. The van der Waals surface area contributed by atoms with Crippen LogP contribution in [0.25, 0.3) is 21.3 Å². The van der Waals surface area contributed by atoms with Crippen LogP contribution in [0.5, 0.6) is 0 Å². The van der Waals surface area contributed by atoms with E-state index in [-0.39, 0.29) is 5.69 Å². The lowest BCUT2D eigenvalue weighted by Crippen LogP contribution is -2.37. The van der Waals surface area contributed by atoms with Crippen LogP contribution < -0.4 is 16.2 Å². The highest BCUT2D eigenvalue weighted by molar-refractivity contribution is 7.23. The van der Waals surface area contributed by atoms with Gasteiger partial charge in [-0.15, -0.1) is 0 Å². The van der Waals surface area contributed by atoms with E-state index in [1.54, 1.807) is 44.4 Å². The minimum Gasteiger partial charge on any atom is -0.375 e. The van der Waals surface area contributed by atoms with Crippen molar-refractivity contribution < 1.29 is 9.59 Å². The molecule has 0 aliphatic heterocycles. The molecule has 186 valence electrons. The Morgan fingerprint density at radius 2 is 1.75 bits per heavy atom. The van der Waals surface area contributed by atoms with Crippen molar-refractivity contribution >= 4 is 55.2 Å². The van der Waals surface area contributed by atoms with Crippen molar-refractivity contribution in [3.63, 3.8) is 0 Å². The summed E-state index contributed by atoms with van der Waals surface area (Å²) in [5.41, 5.74) is 7.55. The second kappa shape index (κ2) is 9.34. The number of hydrogen-bond donors (Lipinski definition) is 1. The van der Waals surface area contributed by atoms with Crippen LogP contribution in [-0.2, 0) is 0 Å². The Labute approximate surface area is 212 Å². The topological polar surface area (TPSA) is 114 Å². The lowest BCUT2D eigenvalue weighted by atomic mass is 9.94. The maximum Gasteiger partial charge on any atom is 0.289 e. The second-order valence-corrected chi connectivity index (χ2v) is 10.4. The summed E-state index contributed by atoms with van der Waals surface area (Å²) in [5, 5.41) is 0.329. The minimum atomic E-state index is -0.767. The van der Waals surface area contributed by atoms with Gasteiger partial charge in [0.2, 0.25) is 0 Å². The minimum absolute atomic E-state index is 0.306. The number of amides is 1. The number of thiazole rings is 1. The number of rotatable bonds is 4. The van der Waals surface area contributed by atoms with Crippen LogP contribution in [0.4, 0.5) is 10.8 Å². The van der Waals surface area contributed by atoms with E-state index in [1.165, 1.54) is 22.7 Å². The Morgan fingerprint density at radius 1 is 1.06 bits per heavy atom. The molecule has 2 heterocycles. The molecule has 0 radical (unpaired) electrons. The number of carbonyl (C=O) groups is 2. The van der Waals surface area contributed by atoms with Gasteiger partial charge in [0.15, 0.2) is 10.8 Å². The van der Waals surface area contributed by atoms with Crippen LogP contribution in [0.3, 0.4) is 0 Å². The molecule has 1 aliphatic carbocycles. The number of nitrogens with zero attached hydrogens (tertiary/aromatic N) is 5. The summed E-state index contributed by atoms with van der Waals surface area (Å²) >= 11 is 1.21. The SMILES string of the molecule is CN(C)C(=O)c1nc2cc(N(C)C3CCCCC3)c3nc(N)sc3c2n(C(=O)c2ccccc2)c1=O. The van der Waals surface area contributed by atoms with Crippen molar-refractivity contribution in [2.75, 3.05) is 31.8 Å². The van der Waals surface area contributed by atoms with Crippen molar-refractivity contribution in [1.29, 1.82) is 0 Å². The molecule has 0 atom stereocenters. The van der Waals surface area contributed by atoms with Gasteiger partial charge in [0.25, 0.3) is 17.4 Å². The maximum atomic E-state index is 13.7. The molecule has 2 aromatic carbocycles. The van der Waals surface area contributed by atoms with Gasteiger partial charge < -0.3 is 15.5 Å². The summed E-state index contributed by atoms with van der Waals surface area (Å²) in [7, 11) is 5.13. The van der Waals surface area contributed by atoms with Crippen molar-refractivity contribution in [2.24, 2.45) is 0 Å². The quantitative estimate of drug-likeness (QED) is 0.450. The van der Waals surface area contributed by atoms with Gasteiger partial charge >= 0.3 is 0 Å². The van der Waals surface area contributed by atoms with Crippen LogP contribution in [-0.4, -0.2) is 58.4 Å². The molecule has 1 saturated carbocycles. The normalized spacial score (nSPS) is 14.3. The van der Waals surface area contributed by atoms with Crippen LogP contribution >= 0.6 is 11.3 Å². The Morgan fingerprint density at radius 3 is 2.42 bits per heavy atom. The molecule has 2 aromatic heterocycles. The third kappa shape index (κ3) is 4.01. The van der Waals surface area contributed by atoms with Crippen molar-refractivity contribution in [2.45, 2.75) is 38.1 Å². The number of nitrogen functional groups attached to an aromatic ring is 1. The maximum absolute atomic E-state index is 13.7. The van der Waals surface area contributed by atoms with Gasteiger partial charge in [-0.3, -0.25) is 14.4 Å². The van der Waals surface area contributed by atoms with E-state index in [0.29, 0.717) is 38.0 Å². The average Bonchev–Trinajstić information content (AvgIpc) is 3.29. The zero-order valence-corrected chi connectivity index (χ0v) is 21.3. The molecule has 0 spiro atoms. The number of aromatic nitrogens is 3. The number of nitrogens with two attached hydrogens (primary N) is 1. The fourth-order valence-corrected chi connectivity index (χ4v) is 5.80. The largest absolute Gasteiger partial charge is 0.375 e. The first kappa shape index (κ1) is 23.9. The van der Waals surface area contributed by atoms with E-state index >= 15 is 0 Å². The van der Waals surface area contributed by atoms with Crippen LogP contribution in [0, 0.1) is 0 Å². The first-order chi connectivity index (χ1) is 17.3. The summed E-state index contributed by atoms with van der Waals surface area (Å²) in [5.74, 6) is -1.11. The summed E-state index contributed by atoms with van der Waals surface area (Å²) < 4.78 is 1.65. The van der Waals surface area contributed by atoms with Gasteiger partial charge in [0, 0.05) is 32.7 Å². The zero-order valence-electron chi connectivity index (χ0n) is 20.5. The highest BCUT2D eigenvalue weighted by Crippen LogP contribution is 2.39. The molecule has 0 saturated heterocycles. The van der Waals surface area contributed by atoms with E-state index < -0.39 is 17.4 Å². The fourth-order valence-electron chi connectivity index (χ4n) is 4.92. The Balaban J connectivity index is 1.85. The molecule has 4 aromatic rings. The standard InChI is InChI=1S/C26H28N6O3S/c1-30(2)24(34)20-25(35)32(23(33)15-10-6-4-7-11-15)21-17(28-20)14-18(19-22(21)36-26(27)29-19)31(3)16-12-8-5-9-13-16/h4,6-7,10-11,14,16H,5,8-9,12-13H2,1-3H3,(H2,27,29). The second-order valence-electron chi connectivity index (χ2n) is 9.37. The van der Waals surface area contributed by atoms with Crippen molar-refractivity contribution in [3.8, 4) is 0 Å². The number of anilines is 2. The molecule has 0 bridgehead atoms. The smallest absolute Gasteiger partial charge is 0.289 e. The Hall–Kier alpha value is -3.79. The van der Waals surface area contributed by atoms with Gasteiger partial charge in [-0.1, -0.05) is 48.8 Å². The molecule has 1 amide bonds. The monoisotopic (exact) mass is 504 g/mol. The molecule has 2 N–H and O–H groups in total. The zero-order chi connectivity index (χ0) is 25.6. The van der Waals surface area contributed by atoms with Crippen molar-refractivity contribution in [3.05, 3.63) is 58.0 Å². The molecule has 1 aliphatic rings. The van der Waals surface area contributed by atoms with E-state index in [0.717, 1.165) is 35.9 Å². The van der Waals surface area contributed by atoms with Crippen LogP contribution in [0.2, 0.25) is 0 Å². The number of carbonyl (C=O) groups excluding carboxylic acids is 2. The highest BCUT2D eigenvalue weighted by Gasteiger charge is 2.28. The summed E-state index contributed by atoms with van der Waals surface area (Å²) in [6.07, 6.45) is 5.69. The first-order valence-electron chi connectivity index (χ1n) is 12.0. The van der Waals surface area contributed by atoms with Crippen LogP contribution in [0.1, 0.15) is 53.0 Å². The lowest BCUT2D eigenvalue weighted by Gasteiger charge is -2.33. The van der Waals surface area contributed by atoms with E-state index in [4.69, 9.17) is 5.73 Å². The Bertz CT molecular complexity index is 1540. The average molecular weight is 505 g/mol.